The lowest BCUT2D eigenvalue weighted by Gasteiger charge is -2.39. The highest BCUT2D eigenvalue weighted by Gasteiger charge is 2.66. The Hall–Kier alpha value is -6.74. The first-order valence-corrected chi connectivity index (χ1v) is 25.3. The molecule has 9 rings (SSSR count). The van der Waals surface area contributed by atoms with E-state index in [1.165, 1.54) is 23.4 Å². The summed E-state index contributed by atoms with van der Waals surface area (Å²) < 4.78 is 26.7. The fraction of sp³-hybridized carbons (Fsp3) is 0.308. The van der Waals surface area contributed by atoms with Gasteiger partial charge < -0.3 is 33.9 Å². The Morgan fingerprint density at radius 1 is 0.773 bits per heavy atom. The van der Waals surface area contributed by atoms with Crippen molar-refractivity contribution in [3.8, 4) is 28.6 Å². The topological polar surface area (TPSA) is 142 Å². The van der Waals surface area contributed by atoms with Crippen molar-refractivity contribution in [2.24, 2.45) is 5.92 Å². The number of rotatable bonds is 12. The van der Waals surface area contributed by atoms with Gasteiger partial charge in [-0.1, -0.05) is 73.7 Å². The molecule has 13 nitrogen and oxygen atoms in total. The summed E-state index contributed by atoms with van der Waals surface area (Å²) in [6.45, 7) is 6.88. The highest BCUT2D eigenvalue weighted by molar-refractivity contribution is 6.91. The molecule has 0 saturated carbocycles. The largest absolute Gasteiger partial charge is 0.497 e. The lowest BCUT2D eigenvalue weighted by molar-refractivity contribution is -0.151. The summed E-state index contributed by atoms with van der Waals surface area (Å²) in [4.78, 5) is 61.3. The maximum Gasteiger partial charge on any atom is 0.297 e. The molecule has 0 unspecified atom stereocenters. The number of carbonyl (C=O) groups excluding carboxylic acids is 2. The number of ether oxygens (including phenoxy) is 4. The minimum absolute atomic E-state index is 0.0169. The van der Waals surface area contributed by atoms with Crippen molar-refractivity contribution in [1.29, 1.82) is 0 Å². The van der Waals surface area contributed by atoms with Gasteiger partial charge in [-0.3, -0.25) is 28.3 Å². The van der Waals surface area contributed by atoms with Crippen LogP contribution >= 0.6 is 0 Å². The van der Waals surface area contributed by atoms with Crippen molar-refractivity contribution in [3.63, 3.8) is 0 Å². The average molecular weight is 907 g/mol. The summed E-state index contributed by atoms with van der Waals surface area (Å²) in [7, 11) is 1.84. The molecular weight excluding hydrogens is 853 g/mol. The van der Waals surface area contributed by atoms with E-state index in [1.54, 1.807) is 53.6 Å². The first-order valence-electron chi connectivity index (χ1n) is 22.2. The molecule has 340 valence electrons. The Morgan fingerprint density at radius 3 is 2.06 bits per heavy atom. The van der Waals surface area contributed by atoms with Gasteiger partial charge in [0.1, 0.15) is 5.75 Å². The lowest BCUT2D eigenvalue weighted by atomic mass is 9.82. The second kappa shape index (κ2) is 17.6. The zero-order valence-electron chi connectivity index (χ0n) is 38.0. The van der Waals surface area contributed by atoms with Crippen LogP contribution in [0.1, 0.15) is 35.6 Å². The van der Waals surface area contributed by atoms with Crippen molar-refractivity contribution >= 4 is 30.8 Å². The predicted molar refractivity (Wildman–Crippen MR) is 254 cm³/mol. The second-order valence-electron chi connectivity index (χ2n) is 18.0. The minimum atomic E-state index is -2.69. The molecule has 1 spiro atoms. The fourth-order valence-corrected chi connectivity index (χ4v) is 14.8. The van der Waals surface area contributed by atoms with E-state index in [0.717, 1.165) is 27.6 Å². The number of aliphatic hydroxyl groups excluding tert-OH is 1. The molecule has 6 aromatic rings. The third kappa shape index (κ3) is 7.42. The zero-order valence-corrected chi connectivity index (χ0v) is 39.0. The van der Waals surface area contributed by atoms with Gasteiger partial charge in [0.25, 0.3) is 17.0 Å². The third-order valence-electron chi connectivity index (χ3n) is 14.2. The van der Waals surface area contributed by atoms with Gasteiger partial charge in [-0.15, -0.1) is 0 Å². The maximum atomic E-state index is 15.9. The Labute approximate surface area is 384 Å². The van der Waals surface area contributed by atoms with Crippen LogP contribution in [0.5, 0.6) is 17.2 Å². The van der Waals surface area contributed by atoms with Gasteiger partial charge >= 0.3 is 0 Å². The van der Waals surface area contributed by atoms with Crippen LogP contribution in [0.25, 0.3) is 11.4 Å². The maximum absolute atomic E-state index is 15.9. The van der Waals surface area contributed by atoms with Crippen molar-refractivity contribution in [3.05, 3.63) is 171 Å². The molecule has 5 heterocycles. The highest BCUT2D eigenvalue weighted by atomic mass is 28.3. The van der Waals surface area contributed by atoms with Crippen LogP contribution in [0.4, 0.5) is 5.69 Å². The van der Waals surface area contributed by atoms with Gasteiger partial charge in [0, 0.05) is 41.8 Å². The summed E-state index contributed by atoms with van der Waals surface area (Å²) in [5.41, 5.74) is 2.68. The number of benzene rings is 4. The van der Waals surface area contributed by atoms with E-state index >= 15 is 4.79 Å². The summed E-state index contributed by atoms with van der Waals surface area (Å²) in [5.74, 6) is 0.171. The number of hydrogen-bond donors (Lipinski definition) is 1. The molecule has 3 aliphatic rings. The molecule has 2 amide bonds. The molecule has 0 bridgehead atoms. The van der Waals surface area contributed by atoms with E-state index in [1.807, 2.05) is 78.9 Å². The van der Waals surface area contributed by atoms with Gasteiger partial charge in [-0.2, -0.15) is 0 Å². The summed E-state index contributed by atoms with van der Waals surface area (Å²) >= 11 is 0. The molecule has 5 atom stereocenters. The quantitative estimate of drug-likeness (QED) is 0.144. The van der Waals surface area contributed by atoms with Crippen LogP contribution < -0.4 is 35.4 Å². The highest BCUT2D eigenvalue weighted by Crippen LogP contribution is 2.60. The number of carbonyl (C=O) groups is 2. The normalized spacial score (nSPS) is 21.2. The Balaban J connectivity index is 1.18. The number of amides is 2. The van der Waals surface area contributed by atoms with Gasteiger partial charge in [-0.05, 0) is 95.4 Å². The molecule has 0 radical (unpaired) electrons. The van der Waals surface area contributed by atoms with E-state index < -0.39 is 31.7 Å². The van der Waals surface area contributed by atoms with Crippen LogP contribution in [0.2, 0.25) is 18.6 Å². The SMILES string of the molecule is COc1ccc([Si](C)(C)[C@H]2[C@H](CC(=O)N3Cc4ccccc4C[C@H]3CO)O[C@@]3(C(=O)N(Cc4cccc(-n5cccc(OC)c5=O)c4)c4ccc(-n5cccc(OC)c5=O)cc43)[C@@H]2C)cc1. The monoisotopic (exact) mass is 906 g/mol. The van der Waals surface area contributed by atoms with Crippen LogP contribution in [-0.4, -0.2) is 79.1 Å². The van der Waals surface area contributed by atoms with Crippen molar-refractivity contribution in [2.45, 2.75) is 69.2 Å². The minimum Gasteiger partial charge on any atom is -0.497 e. The molecule has 14 heteroatoms. The first-order chi connectivity index (χ1) is 31.8. The Kier molecular flexibility index (Phi) is 11.8. The van der Waals surface area contributed by atoms with E-state index in [0.29, 0.717) is 35.6 Å². The predicted octanol–water partition coefficient (Wildman–Crippen LogP) is 6.11. The van der Waals surface area contributed by atoms with Gasteiger partial charge in [0.15, 0.2) is 17.1 Å². The molecule has 4 aromatic carbocycles. The summed E-state index contributed by atoms with van der Waals surface area (Å²) in [5, 5.41) is 11.7. The molecule has 0 aliphatic carbocycles. The number of aliphatic hydroxyl groups is 1. The van der Waals surface area contributed by atoms with Crippen LogP contribution in [0.3, 0.4) is 0 Å². The molecule has 1 saturated heterocycles. The van der Waals surface area contributed by atoms with E-state index in [2.05, 4.69) is 32.2 Å². The number of aromatic nitrogens is 2. The van der Waals surface area contributed by atoms with Crippen molar-refractivity contribution in [1.82, 2.24) is 14.0 Å². The Bertz CT molecular complexity index is 2950. The van der Waals surface area contributed by atoms with E-state index in [9.17, 15) is 19.5 Å². The van der Waals surface area contributed by atoms with Crippen LogP contribution in [0, 0.1) is 5.92 Å². The van der Waals surface area contributed by atoms with Crippen molar-refractivity contribution < 1.29 is 33.6 Å². The molecule has 66 heavy (non-hydrogen) atoms. The molecule has 3 aliphatic heterocycles. The first kappa shape index (κ1) is 44.5. The molecule has 1 fully saturated rings. The van der Waals surface area contributed by atoms with Crippen LogP contribution in [-0.2, 0) is 39.4 Å². The van der Waals surface area contributed by atoms with Crippen molar-refractivity contribution in [2.75, 3.05) is 32.8 Å². The zero-order chi connectivity index (χ0) is 46.5. The number of methoxy groups -OCH3 is 3. The smallest absolute Gasteiger partial charge is 0.297 e. The summed E-state index contributed by atoms with van der Waals surface area (Å²) in [6, 6.07) is 35.3. The number of hydrogen-bond acceptors (Lipinski definition) is 9. The van der Waals surface area contributed by atoms with Gasteiger partial charge in [0.05, 0.1) is 66.8 Å². The third-order valence-corrected chi connectivity index (χ3v) is 18.5. The fourth-order valence-electron chi connectivity index (χ4n) is 10.8. The number of anilines is 1. The van der Waals surface area contributed by atoms with Crippen LogP contribution in [0.15, 0.2) is 137 Å². The number of fused-ring (bicyclic) bond motifs is 3. The average Bonchev–Trinajstić information content (AvgIpc) is 3.76. The number of nitrogens with zero attached hydrogens (tertiary/aromatic N) is 4. The van der Waals surface area contributed by atoms with E-state index in [-0.39, 0.29) is 59.5 Å². The standard InChI is InChI=1S/C52H54N4O9Si/c1-33-48(66(5,6)41-21-19-40(62-2)20-22-41)46(29-47(58)55-31-36-14-8-7-13-35(36)27-39(55)32-57)65-52(33)42-28-38(54-25-11-17-45(64-4)50(54)60)18-23-43(42)56(51(52)61)30-34-12-9-15-37(26-34)53-24-10-16-44(63-3)49(53)59/h7-26,28,33,39,46,48,57H,27,29-32H2,1-6H3/t33-,39+,46+,48-,52+/m1/s1. The van der Waals surface area contributed by atoms with Gasteiger partial charge in [0.2, 0.25) is 5.91 Å². The van der Waals surface area contributed by atoms with E-state index in [4.69, 9.17) is 18.9 Å². The molecular formula is C52H54N4O9Si. The Morgan fingerprint density at radius 2 is 1.42 bits per heavy atom. The molecule has 2 aromatic heterocycles. The second-order valence-corrected chi connectivity index (χ2v) is 22.6. The number of pyridine rings is 2. The lowest BCUT2D eigenvalue weighted by Crippen LogP contribution is -2.52. The summed E-state index contributed by atoms with van der Waals surface area (Å²) in [6.07, 6.45) is 3.14. The van der Waals surface area contributed by atoms with Gasteiger partial charge in [-0.25, -0.2) is 0 Å². The molecule has 1 N–H and O–H groups in total.